The molecular weight excluding hydrogens is 232 g/mol. The van der Waals surface area contributed by atoms with Gasteiger partial charge in [0.15, 0.2) is 0 Å². The van der Waals surface area contributed by atoms with Gasteiger partial charge in [0, 0.05) is 44.5 Å². The number of nitrogens with zero attached hydrogens (tertiary/aromatic N) is 2. The van der Waals surface area contributed by atoms with Crippen molar-refractivity contribution >= 4 is 6.09 Å². The molecule has 1 saturated heterocycles. The van der Waals surface area contributed by atoms with Gasteiger partial charge in [-0.15, -0.1) is 0 Å². The summed E-state index contributed by atoms with van der Waals surface area (Å²) in [5.41, 5.74) is 0. The van der Waals surface area contributed by atoms with E-state index >= 15 is 0 Å². The van der Waals surface area contributed by atoms with Gasteiger partial charge in [-0.25, -0.2) is 9.78 Å². The Hall–Kier alpha value is -1.56. The molecule has 1 atom stereocenters. The van der Waals surface area contributed by atoms with E-state index in [0.29, 0.717) is 12.6 Å². The molecule has 0 aromatic carbocycles. The molecule has 0 radical (unpaired) electrons. The third-order valence-electron chi connectivity index (χ3n) is 3.06. The fraction of sp³-hybridized carbons (Fsp3) is 0.667. The first-order chi connectivity index (χ1) is 8.79. The molecule has 2 heterocycles. The summed E-state index contributed by atoms with van der Waals surface area (Å²) in [7, 11) is 0. The lowest BCUT2D eigenvalue weighted by molar-refractivity contribution is 0.115. The van der Waals surface area contributed by atoms with Crippen LogP contribution in [0.15, 0.2) is 12.4 Å². The monoisotopic (exact) mass is 252 g/mol. The third-order valence-corrected chi connectivity index (χ3v) is 3.06. The largest absolute Gasteiger partial charge is 0.450 e. The molecule has 0 spiro atoms. The topological polar surface area (TPSA) is 70.2 Å². The van der Waals surface area contributed by atoms with Crippen LogP contribution in [0.3, 0.4) is 0 Å². The fourth-order valence-electron chi connectivity index (χ4n) is 2.14. The lowest BCUT2D eigenvalue weighted by Crippen LogP contribution is -2.36. The Morgan fingerprint density at radius 1 is 1.72 bits per heavy atom. The van der Waals surface area contributed by atoms with Crippen LogP contribution in [0.5, 0.6) is 0 Å². The van der Waals surface area contributed by atoms with Gasteiger partial charge in [0.2, 0.25) is 0 Å². The van der Waals surface area contributed by atoms with E-state index in [1.807, 2.05) is 13.1 Å². The zero-order valence-electron chi connectivity index (χ0n) is 10.7. The highest BCUT2D eigenvalue weighted by Gasteiger charge is 2.26. The van der Waals surface area contributed by atoms with Gasteiger partial charge in [0.25, 0.3) is 0 Å². The maximum atomic E-state index is 11.5. The van der Waals surface area contributed by atoms with Crippen LogP contribution in [-0.4, -0.2) is 53.2 Å². The fourth-order valence-corrected chi connectivity index (χ4v) is 2.14. The number of ether oxygens (including phenoxy) is 1. The second-order valence-electron chi connectivity index (χ2n) is 4.37. The molecule has 100 valence electrons. The highest BCUT2D eigenvalue weighted by atomic mass is 16.6. The van der Waals surface area contributed by atoms with Gasteiger partial charge >= 0.3 is 6.09 Å². The SMILES string of the molecule is CCOC(=O)N1CC[C@@H](NCCc2ncc[nH]2)C1. The van der Waals surface area contributed by atoms with Crippen LogP contribution in [-0.2, 0) is 11.2 Å². The van der Waals surface area contributed by atoms with Crippen molar-refractivity contribution in [2.24, 2.45) is 0 Å². The highest BCUT2D eigenvalue weighted by molar-refractivity contribution is 5.68. The molecule has 0 saturated carbocycles. The molecule has 6 nitrogen and oxygen atoms in total. The summed E-state index contributed by atoms with van der Waals surface area (Å²) in [6.07, 6.45) is 5.24. The Labute approximate surface area is 107 Å². The number of amides is 1. The van der Waals surface area contributed by atoms with Gasteiger partial charge in [0.05, 0.1) is 6.61 Å². The average molecular weight is 252 g/mol. The molecular formula is C12H20N4O2. The van der Waals surface area contributed by atoms with E-state index in [1.165, 1.54) is 0 Å². The van der Waals surface area contributed by atoms with Crippen LogP contribution < -0.4 is 5.32 Å². The van der Waals surface area contributed by atoms with E-state index in [9.17, 15) is 4.79 Å². The van der Waals surface area contributed by atoms with E-state index in [2.05, 4.69) is 15.3 Å². The van der Waals surface area contributed by atoms with Crippen LogP contribution in [0.4, 0.5) is 4.79 Å². The van der Waals surface area contributed by atoms with Crippen LogP contribution in [0.2, 0.25) is 0 Å². The van der Waals surface area contributed by atoms with Gasteiger partial charge in [-0.1, -0.05) is 0 Å². The molecule has 2 N–H and O–H groups in total. The molecule has 1 aromatic heterocycles. The average Bonchev–Trinajstić information content (AvgIpc) is 3.00. The maximum Gasteiger partial charge on any atom is 0.409 e. The van der Waals surface area contributed by atoms with Gasteiger partial charge in [-0.05, 0) is 13.3 Å². The molecule has 2 rings (SSSR count). The molecule has 0 unspecified atom stereocenters. The third kappa shape index (κ3) is 3.46. The van der Waals surface area contributed by atoms with Gasteiger partial charge in [-0.3, -0.25) is 0 Å². The standard InChI is InChI=1S/C12H20N4O2/c1-2-18-12(17)16-8-4-10(9-16)13-5-3-11-14-6-7-15-11/h6-7,10,13H,2-5,8-9H2,1H3,(H,14,15)/t10-/m1/s1. The molecule has 1 amide bonds. The summed E-state index contributed by atoms with van der Waals surface area (Å²) in [6.45, 7) is 4.64. The lowest BCUT2D eigenvalue weighted by atomic mass is 10.2. The van der Waals surface area contributed by atoms with Crippen molar-refractivity contribution in [3.8, 4) is 0 Å². The van der Waals surface area contributed by atoms with Gasteiger partial charge < -0.3 is 19.9 Å². The first-order valence-corrected chi connectivity index (χ1v) is 6.43. The number of carbonyl (C=O) groups is 1. The van der Waals surface area contributed by atoms with Crippen molar-refractivity contribution in [1.82, 2.24) is 20.2 Å². The minimum absolute atomic E-state index is 0.201. The minimum atomic E-state index is -0.201. The molecule has 1 aliphatic rings. The molecule has 6 heteroatoms. The molecule has 0 bridgehead atoms. The van der Waals surface area contributed by atoms with Crippen molar-refractivity contribution < 1.29 is 9.53 Å². The molecule has 1 aliphatic heterocycles. The number of nitrogens with one attached hydrogen (secondary N) is 2. The van der Waals surface area contributed by atoms with Crippen LogP contribution >= 0.6 is 0 Å². The summed E-state index contributed by atoms with van der Waals surface area (Å²) in [5.74, 6) is 0.989. The first kappa shape index (κ1) is 12.9. The van der Waals surface area contributed by atoms with Crippen molar-refractivity contribution in [1.29, 1.82) is 0 Å². The van der Waals surface area contributed by atoms with E-state index in [0.717, 1.165) is 38.3 Å². The summed E-state index contributed by atoms with van der Waals surface area (Å²) in [6, 6.07) is 0.365. The summed E-state index contributed by atoms with van der Waals surface area (Å²) >= 11 is 0. The Balaban J connectivity index is 1.65. The van der Waals surface area contributed by atoms with E-state index in [4.69, 9.17) is 4.74 Å². The Bertz CT molecular complexity index is 366. The van der Waals surface area contributed by atoms with Crippen LogP contribution in [0.1, 0.15) is 19.2 Å². The number of carbonyl (C=O) groups excluding carboxylic acids is 1. The number of hydrogen-bond donors (Lipinski definition) is 2. The van der Waals surface area contributed by atoms with Gasteiger partial charge in [0.1, 0.15) is 5.82 Å². The zero-order chi connectivity index (χ0) is 12.8. The summed E-state index contributed by atoms with van der Waals surface area (Å²) < 4.78 is 4.98. The second-order valence-corrected chi connectivity index (χ2v) is 4.37. The summed E-state index contributed by atoms with van der Waals surface area (Å²) in [5, 5.41) is 3.44. The predicted octanol–water partition coefficient (Wildman–Crippen LogP) is 0.773. The van der Waals surface area contributed by atoms with Crippen molar-refractivity contribution in [2.75, 3.05) is 26.2 Å². The normalized spacial score (nSPS) is 19.2. The first-order valence-electron chi connectivity index (χ1n) is 6.43. The number of aromatic nitrogens is 2. The number of imidazole rings is 1. The van der Waals surface area contributed by atoms with Gasteiger partial charge in [-0.2, -0.15) is 0 Å². The molecule has 1 aromatic rings. The number of aromatic amines is 1. The Morgan fingerprint density at radius 3 is 3.33 bits per heavy atom. The van der Waals surface area contributed by atoms with Crippen molar-refractivity contribution in [3.63, 3.8) is 0 Å². The Kier molecular flexibility index (Phi) is 4.58. The minimum Gasteiger partial charge on any atom is -0.450 e. The molecule has 1 fully saturated rings. The zero-order valence-corrected chi connectivity index (χ0v) is 10.7. The van der Waals surface area contributed by atoms with Crippen molar-refractivity contribution in [3.05, 3.63) is 18.2 Å². The molecule has 18 heavy (non-hydrogen) atoms. The number of rotatable bonds is 5. The molecule has 0 aliphatic carbocycles. The highest BCUT2D eigenvalue weighted by Crippen LogP contribution is 2.10. The quantitative estimate of drug-likeness (QED) is 0.812. The number of likely N-dealkylation sites (tertiary alicyclic amines) is 1. The lowest BCUT2D eigenvalue weighted by Gasteiger charge is -2.16. The number of hydrogen-bond acceptors (Lipinski definition) is 4. The van der Waals surface area contributed by atoms with E-state index in [-0.39, 0.29) is 6.09 Å². The van der Waals surface area contributed by atoms with Crippen LogP contribution in [0, 0.1) is 0 Å². The summed E-state index contributed by atoms with van der Waals surface area (Å²) in [4.78, 5) is 20.5. The second kappa shape index (κ2) is 6.39. The van der Waals surface area contributed by atoms with Crippen LogP contribution in [0.25, 0.3) is 0 Å². The number of H-pyrrole nitrogens is 1. The smallest absolute Gasteiger partial charge is 0.409 e. The maximum absolute atomic E-state index is 11.5. The Morgan fingerprint density at radius 2 is 2.61 bits per heavy atom. The van der Waals surface area contributed by atoms with Crippen molar-refractivity contribution in [2.45, 2.75) is 25.8 Å². The predicted molar refractivity (Wildman–Crippen MR) is 67.3 cm³/mol. The van der Waals surface area contributed by atoms with E-state index in [1.54, 1.807) is 11.1 Å². The van der Waals surface area contributed by atoms with E-state index < -0.39 is 0 Å².